The van der Waals surface area contributed by atoms with Crippen molar-refractivity contribution in [3.63, 3.8) is 0 Å². The number of imidazole rings is 1. The molecule has 2 N–H and O–H groups in total. The van der Waals surface area contributed by atoms with Crippen molar-refractivity contribution in [1.82, 2.24) is 20.2 Å². The zero-order valence-electron chi connectivity index (χ0n) is 12.2. The molecule has 1 heterocycles. The van der Waals surface area contributed by atoms with E-state index >= 15 is 0 Å². The summed E-state index contributed by atoms with van der Waals surface area (Å²) in [4.78, 5) is 14.3. The molecule has 2 rings (SSSR count). The van der Waals surface area contributed by atoms with Gasteiger partial charge in [0.25, 0.3) is 6.20 Å². The summed E-state index contributed by atoms with van der Waals surface area (Å²) < 4.78 is 1.99. The molecule has 1 aliphatic carbocycles. The van der Waals surface area contributed by atoms with E-state index in [2.05, 4.69) is 15.6 Å². The Morgan fingerprint density at radius 1 is 1.43 bits per heavy atom. The van der Waals surface area contributed by atoms with Gasteiger partial charge in [0.15, 0.2) is 5.82 Å². The fourth-order valence-corrected chi connectivity index (χ4v) is 2.61. The second-order valence-corrected chi connectivity index (χ2v) is 5.39. The molecule has 7 nitrogen and oxygen atoms in total. The molecule has 1 fully saturated rings. The van der Waals surface area contributed by atoms with Gasteiger partial charge in [0, 0.05) is 31.5 Å². The third-order valence-electron chi connectivity index (χ3n) is 3.67. The Labute approximate surface area is 124 Å². The van der Waals surface area contributed by atoms with Gasteiger partial charge in [0.2, 0.25) is 0 Å². The van der Waals surface area contributed by atoms with Crippen molar-refractivity contribution in [3.8, 4) is 0 Å². The number of aryl methyl sites for hydroxylation is 1. The molecule has 0 aliphatic heterocycles. The summed E-state index contributed by atoms with van der Waals surface area (Å²) in [6.07, 6.45) is 13.2. The van der Waals surface area contributed by atoms with E-state index in [0.717, 1.165) is 32.0 Å². The van der Waals surface area contributed by atoms with Crippen molar-refractivity contribution in [2.24, 2.45) is 0 Å². The van der Waals surface area contributed by atoms with Gasteiger partial charge in [-0.1, -0.05) is 19.3 Å². The number of rotatable bonds is 8. The van der Waals surface area contributed by atoms with Crippen LogP contribution in [0, 0.1) is 10.1 Å². The molecule has 1 saturated carbocycles. The van der Waals surface area contributed by atoms with E-state index in [1.54, 1.807) is 12.5 Å². The van der Waals surface area contributed by atoms with Crippen LogP contribution in [-0.2, 0) is 6.54 Å². The summed E-state index contributed by atoms with van der Waals surface area (Å²) in [5.74, 6) is 0.525. The molecule has 0 unspecified atom stereocenters. The topological polar surface area (TPSA) is 85.0 Å². The maximum Gasteiger partial charge on any atom is 0.274 e. The Bertz CT molecular complexity index is 452. The lowest BCUT2D eigenvalue weighted by Crippen LogP contribution is -2.37. The van der Waals surface area contributed by atoms with Gasteiger partial charge in [-0.15, -0.1) is 0 Å². The van der Waals surface area contributed by atoms with Gasteiger partial charge in [-0.25, -0.2) is 4.98 Å². The van der Waals surface area contributed by atoms with E-state index < -0.39 is 4.92 Å². The summed E-state index contributed by atoms with van der Waals surface area (Å²) in [7, 11) is 0. The summed E-state index contributed by atoms with van der Waals surface area (Å²) in [5.41, 5.74) is 0. The molecule has 116 valence electrons. The van der Waals surface area contributed by atoms with Crippen LogP contribution < -0.4 is 10.6 Å². The van der Waals surface area contributed by atoms with Gasteiger partial charge in [-0.05, 0) is 19.3 Å². The van der Waals surface area contributed by atoms with Crippen molar-refractivity contribution in [3.05, 3.63) is 40.9 Å². The molecule has 1 aromatic rings. The van der Waals surface area contributed by atoms with Crippen LogP contribution in [0.25, 0.3) is 0 Å². The molecule has 0 saturated heterocycles. The van der Waals surface area contributed by atoms with Crippen molar-refractivity contribution in [1.29, 1.82) is 0 Å². The minimum atomic E-state index is -0.409. The smallest absolute Gasteiger partial charge is 0.274 e. The van der Waals surface area contributed by atoms with Crippen LogP contribution in [0.5, 0.6) is 0 Å². The fraction of sp³-hybridized carbons (Fsp3) is 0.643. The van der Waals surface area contributed by atoms with E-state index in [4.69, 9.17) is 0 Å². The van der Waals surface area contributed by atoms with Crippen molar-refractivity contribution in [2.45, 2.75) is 51.1 Å². The lowest BCUT2D eigenvalue weighted by atomic mass is 9.95. The zero-order valence-corrected chi connectivity index (χ0v) is 12.2. The van der Waals surface area contributed by atoms with Crippen molar-refractivity contribution < 1.29 is 4.92 Å². The van der Waals surface area contributed by atoms with Crippen LogP contribution in [0.15, 0.2) is 30.7 Å². The normalized spacial score (nSPS) is 16.7. The monoisotopic (exact) mass is 293 g/mol. The van der Waals surface area contributed by atoms with E-state index in [9.17, 15) is 10.1 Å². The third-order valence-corrected chi connectivity index (χ3v) is 3.67. The molecule has 7 heteroatoms. The second kappa shape index (κ2) is 8.28. The summed E-state index contributed by atoms with van der Waals surface area (Å²) in [6.45, 7) is 1.54. The minimum Gasteiger partial charge on any atom is -0.367 e. The molecule has 1 aliphatic rings. The Balaban J connectivity index is 1.74. The van der Waals surface area contributed by atoms with Crippen molar-refractivity contribution in [2.75, 3.05) is 6.54 Å². The molecule has 0 amide bonds. The van der Waals surface area contributed by atoms with Gasteiger partial charge in [-0.2, -0.15) is 0 Å². The molecule has 0 aromatic carbocycles. The highest BCUT2D eigenvalue weighted by atomic mass is 16.6. The lowest BCUT2D eigenvalue weighted by Gasteiger charge is -2.24. The SMILES string of the molecule is O=[N+]([O-])C=C(NCCCn1ccnc1)NC1CCCCC1. The lowest BCUT2D eigenvalue weighted by molar-refractivity contribution is -0.404. The number of nitrogens with one attached hydrogen (secondary N) is 2. The Morgan fingerprint density at radius 3 is 2.90 bits per heavy atom. The summed E-state index contributed by atoms with van der Waals surface area (Å²) >= 11 is 0. The first-order chi connectivity index (χ1) is 10.2. The summed E-state index contributed by atoms with van der Waals surface area (Å²) in [6, 6.07) is 0.353. The second-order valence-electron chi connectivity index (χ2n) is 5.39. The summed E-state index contributed by atoms with van der Waals surface area (Å²) in [5, 5.41) is 17.1. The van der Waals surface area contributed by atoms with E-state index in [0.29, 0.717) is 18.4 Å². The highest BCUT2D eigenvalue weighted by Crippen LogP contribution is 2.17. The van der Waals surface area contributed by atoms with E-state index in [1.807, 2.05) is 10.8 Å². The van der Waals surface area contributed by atoms with Gasteiger partial charge < -0.3 is 15.2 Å². The molecule has 0 radical (unpaired) electrons. The largest absolute Gasteiger partial charge is 0.367 e. The molecule has 0 spiro atoms. The zero-order chi connectivity index (χ0) is 14.9. The molecule has 0 bridgehead atoms. The van der Waals surface area contributed by atoms with E-state index in [1.165, 1.54) is 19.3 Å². The first-order valence-electron chi connectivity index (χ1n) is 7.55. The Morgan fingerprint density at radius 2 is 2.24 bits per heavy atom. The number of aromatic nitrogens is 2. The van der Waals surface area contributed by atoms with Crippen LogP contribution in [-0.4, -0.2) is 27.1 Å². The number of hydrogen-bond donors (Lipinski definition) is 2. The van der Waals surface area contributed by atoms with Crippen LogP contribution in [0.4, 0.5) is 0 Å². The average molecular weight is 293 g/mol. The molecule has 0 atom stereocenters. The standard InChI is InChI=1S/C14H23N5O2/c20-19(21)11-14(17-13-5-2-1-3-6-13)16-7-4-9-18-10-8-15-12-18/h8,10-13,16-17H,1-7,9H2. The van der Waals surface area contributed by atoms with Gasteiger partial charge in [0.05, 0.1) is 11.3 Å². The maximum atomic E-state index is 10.7. The number of nitrogens with zero attached hydrogens (tertiary/aromatic N) is 3. The number of nitro groups is 1. The van der Waals surface area contributed by atoms with Gasteiger partial charge in [-0.3, -0.25) is 10.1 Å². The van der Waals surface area contributed by atoms with Crippen LogP contribution in [0.1, 0.15) is 38.5 Å². The van der Waals surface area contributed by atoms with E-state index in [-0.39, 0.29) is 0 Å². The maximum absolute atomic E-state index is 10.7. The van der Waals surface area contributed by atoms with Crippen LogP contribution in [0.3, 0.4) is 0 Å². The van der Waals surface area contributed by atoms with Crippen LogP contribution in [0.2, 0.25) is 0 Å². The number of hydrogen-bond acceptors (Lipinski definition) is 5. The predicted octanol–water partition coefficient (Wildman–Crippen LogP) is 1.86. The van der Waals surface area contributed by atoms with Crippen molar-refractivity contribution >= 4 is 0 Å². The highest BCUT2D eigenvalue weighted by molar-refractivity contribution is 4.95. The fourth-order valence-electron chi connectivity index (χ4n) is 2.61. The minimum absolute atomic E-state index is 0.353. The first-order valence-corrected chi connectivity index (χ1v) is 7.55. The molecule has 1 aromatic heterocycles. The molecular weight excluding hydrogens is 270 g/mol. The Kier molecular flexibility index (Phi) is 6.05. The van der Waals surface area contributed by atoms with Crippen LogP contribution >= 0.6 is 0 Å². The average Bonchev–Trinajstić information content (AvgIpc) is 2.97. The van der Waals surface area contributed by atoms with Gasteiger partial charge in [0.1, 0.15) is 0 Å². The Hall–Kier alpha value is -2.05. The highest BCUT2D eigenvalue weighted by Gasteiger charge is 2.15. The quantitative estimate of drug-likeness (QED) is 0.434. The first kappa shape index (κ1) is 15.3. The molecule has 21 heavy (non-hydrogen) atoms. The molecular formula is C14H23N5O2. The van der Waals surface area contributed by atoms with Gasteiger partial charge >= 0.3 is 0 Å². The predicted molar refractivity (Wildman–Crippen MR) is 79.9 cm³/mol. The third kappa shape index (κ3) is 5.85.